The number of nitrogens with zero attached hydrogens (tertiary/aromatic N) is 3. The molecule has 5 rings (SSSR count). The Labute approximate surface area is 272 Å². The predicted octanol–water partition coefficient (Wildman–Crippen LogP) is 6.42. The van der Waals surface area contributed by atoms with E-state index >= 15 is 0 Å². The second-order valence-electron chi connectivity index (χ2n) is 9.51. The number of hydrogen-bond acceptors (Lipinski definition) is 8. The molecule has 44 heavy (non-hydrogen) atoms. The number of aromatic amines is 1. The lowest BCUT2D eigenvalue weighted by Gasteiger charge is -2.27. The molecule has 1 unspecified atom stereocenters. The summed E-state index contributed by atoms with van der Waals surface area (Å²) in [7, 11) is 1.95. The standard InChI is InChI=1S/C15H17N3O3.C13H6Cl3F2NO2S.BH/c1-17-9-10-7-13(18-5-2-6-21-15(18)20)14(19)8-11(10)12(17)3-4-16;14-7-2-1-3-8(15)11(7)22-9-4-10(13(16,17)18)19-12(21)6(9)5-20;/h7-8,12,19H,2-3,5-6,9H2,1H3;1-5H,(H,19,21);1H. The minimum atomic E-state index is -3.78. The molecule has 2 aliphatic heterocycles. The number of aldehydes is 1. The summed E-state index contributed by atoms with van der Waals surface area (Å²) in [6.07, 6.45) is 0.978. The smallest absolute Gasteiger partial charge is 0.414 e. The first-order valence-corrected chi connectivity index (χ1v) is 14.6. The van der Waals surface area contributed by atoms with Crippen molar-refractivity contribution in [2.45, 2.75) is 40.6 Å². The highest BCUT2D eigenvalue weighted by Gasteiger charge is 2.32. The number of phenols is 1. The van der Waals surface area contributed by atoms with Crippen molar-refractivity contribution in [2.24, 2.45) is 0 Å². The Bertz CT molecular complexity index is 1650. The van der Waals surface area contributed by atoms with Crippen molar-refractivity contribution in [3.05, 3.63) is 79.2 Å². The number of aromatic hydroxyl groups is 1. The Hall–Kier alpha value is -3.28. The monoisotopic (exact) mass is 682 g/mol. The number of fused-ring (bicyclic) bond motifs is 1. The Balaban J connectivity index is 0.000000235. The summed E-state index contributed by atoms with van der Waals surface area (Å²) >= 11 is 17.7. The van der Waals surface area contributed by atoms with Gasteiger partial charge < -0.3 is 14.8 Å². The van der Waals surface area contributed by atoms with Gasteiger partial charge in [0.2, 0.25) is 0 Å². The highest BCUT2D eigenvalue weighted by molar-refractivity contribution is 7.99. The van der Waals surface area contributed by atoms with Crippen molar-refractivity contribution < 1.29 is 28.2 Å². The number of nitriles is 1. The minimum absolute atomic E-state index is 0. The van der Waals surface area contributed by atoms with Gasteiger partial charge in [-0.3, -0.25) is 19.4 Å². The molecule has 0 bridgehead atoms. The zero-order valence-corrected chi connectivity index (χ0v) is 26.2. The molecule has 16 heteroatoms. The molecule has 230 valence electrons. The number of pyridine rings is 1. The zero-order chi connectivity index (χ0) is 31.5. The van der Waals surface area contributed by atoms with E-state index in [1.807, 2.05) is 18.1 Å². The number of alkyl halides is 3. The summed E-state index contributed by atoms with van der Waals surface area (Å²) in [5, 5.41) is 15.9. The van der Waals surface area contributed by atoms with Gasteiger partial charge in [-0.2, -0.15) is 14.0 Å². The second kappa shape index (κ2) is 14.7. The number of anilines is 1. The van der Waals surface area contributed by atoms with Crippen LogP contribution >= 0.6 is 46.6 Å². The van der Waals surface area contributed by atoms with Crippen LogP contribution in [0.3, 0.4) is 0 Å². The van der Waals surface area contributed by atoms with Gasteiger partial charge in [0.05, 0.1) is 40.4 Å². The van der Waals surface area contributed by atoms with E-state index < -0.39 is 22.7 Å². The lowest BCUT2D eigenvalue weighted by Crippen LogP contribution is -2.37. The van der Waals surface area contributed by atoms with Crippen LogP contribution in [0.5, 0.6) is 5.75 Å². The fourth-order valence-corrected chi connectivity index (χ4v) is 6.33. The van der Waals surface area contributed by atoms with E-state index in [1.54, 1.807) is 24.3 Å². The molecule has 0 spiro atoms. The number of phenolic OH excluding ortho intramolecular Hbond substituents is 1. The summed E-state index contributed by atoms with van der Waals surface area (Å²) in [6, 6.07) is 11.3. The maximum absolute atomic E-state index is 13.2. The van der Waals surface area contributed by atoms with Gasteiger partial charge in [-0.05, 0) is 66.5 Å². The van der Waals surface area contributed by atoms with Crippen LogP contribution in [-0.2, 0) is 16.7 Å². The number of carbonyl (C=O) groups excluding carboxylic acids is 2. The van der Waals surface area contributed by atoms with Gasteiger partial charge in [0, 0.05) is 37.3 Å². The normalized spacial score (nSPS) is 16.2. The molecular weight excluding hydrogens is 660 g/mol. The highest BCUT2D eigenvalue weighted by atomic mass is 35.5. The van der Waals surface area contributed by atoms with Crippen LogP contribution in [0, 0.1) is 11.3 Å². The van der Waals surface area contributed by atoms with Crippen molar-refractivity contribution in [3.63, 3.8) is 0 Å². The number of aromatic nitrogens is 1. The number of hydrogen-bond donors (Lipinski definition) is 2. The van der Waals surface area contributed by atoms with Crippen LogP contribution in [0.15, 0.2) is 51.0 Å². The fraction of sp³-hybridized carbons (Fsp3) is 0.286. The van der Waals surface area contributed by atoms with Gasteiger partial charge in [-0.25, -0.2) is 4.79 Å². The number of nitrogens with one attached hydrogen (secondary N) is 1. The third-order valence-corrected chi connectivity index (χ3v) is 8.94. The molecule has 9 nitrogen and oxygen atoms in total. The average molecular weight is 684 g/mol. The van der Waals surface area contributed by atoms with Crippen molar-refractivity contribution >= 4 is 73.0 Å². The van der Waals surface area contributed by atoms with E-state index in [0.29, 0.717) is 36.7 Å². The van der Waals surface area contributed by atoms with Gasteiger partial charge in [-0.1, -0.05) is 41.0 Å². The van der Waals surface area contributed by atoms with E-state index in [-0.39, 0.29) is 47.0 Å². The molecule has 1 saturated heterocycles. The molecule has 2 radical (unpaired) electrons. The maximum Gasteiger partial charge on any atom is 0.414 e. The fourth-order valence-electron chi connectivity index (χ4n) is 4.62. The van der Waals surface area contributed by atoms with Crippen LogP contribution in [0.4, 0.5) is 19.3 Å². The first-order chi connectivity index (χ1) is 20.3. The SMILES string of the molecule is CN1Cc2cc(N3CCCOC3=O)c(O)cc2C1CC#N.O=Cc1c(Sc2c(Cl)cccc2Cl)cc(C(F)(F)Cl)[nH]c1=O.[BH]. The third-order valence-electron chi connectivity index (χ3n) is 6.68. The largest absolute Gasteiger partial charge is 0.506 e. The first-order valence-electron chi connectivity index (χ1n) is 12.6. The molecule has 2 aromatic carbocycles. The Morgan fingerprint density at radius 1 is 1.25 bits per heavy atom. The highest BCUT2D eigenvalue weighted by Crippen LogP contribution is 2.42. The molecule has 3 aromatic rings. The molecule has 0 saturated carbocycles. The van der Waals surface area contributed by atoms with Crippen LogP contribution in [0.25, 0.3) is 0 Å². The number of H-pyrrole nitrogens is 1. The average Bonchev–Trinajstić information content (AvgIpc) is 3.24. The second-order valence-corrected chi connectivity index (χ2v) is 11.9. The van der Waals surface area contributed by atoms with E-state index in [4.69, 9.17) is 44.8 Å². The number of benzene rings is 2. The molecule has 0 aliphatic carbocycles. The molecule has 1 atom stereocenters. The first kappa shape index (κ1) is 35.2. The molecule has 3 heterocycles. The van der Waals surface area contributed by atoms with Gasteiger partial charge in [0.15, 0.2) is 6.29 Å². The van der Waals surface area contributed by atoms with Crippen molar-refractivity contribution in [3.8, 4) is 11.8 Å². The maximum atomic E-state index is 13.2. The minimum Gasteiger partial charge on any atom is -0.506 e. The molecule has 1 aromatic heterocycles. The summed E-state index contributed by atoms with van der Waals surface area (Å²) in [4.78, 5) is 40.3. The van der Waals surface area contributed by atoms with Crippen LogP contribution in [0.2, 0.25) is 10.0 Å². The molecular formula is C28H24BCl3F2N4O5S. The summed E-state index contributed by atoms with van der Waals surface area (Å²) < 4.78 is 31.4. The quantitative estimate of drug-likeness (QED) is 0.173. The topological polar surface area (TPSA) is 127 Å². The van der Waals surface area contributed by atoms with E-state index in [2.05, 4.69) is 11.0 Å². The van der Waals surface area contributed by atoms with Gasteiger partial charge in [0.25, 0.3) is 5.56 Å². The Kier molecular flexibility index (Phi) is 11.7. The lowest BCUT2D eigenvalue weighted by atomic mass is 10.0. The lowest BCUT2D eigenvalue weighted by molar-refractivity contribution is 0.0891. The summed E-state index contributed by atoms with van der Waals surface area (Å²) in [6.45, 7) is 1.68. The van der Waals surface area contributed by atoms with Crippen LogP contribution in [-0.4, -0.2) is 56.0 Å². The van der Waals surface area contributed by atoms with Crippen LogP contribution in [0.1, 0.15) is 46.1 Å². The van der Waals surface area contributed by atoms with Crippen molar-refractivity contribution in [1.29, 1.82) is 5.26 Å². The Morgan fingerprint density at radius 3 is 2.52 bits per heavy atom. The van der Waals surface area contributed by atoms with E-state index in [0.717, 1.165) is 35.4 Å². The third kappa shape index (κ3) is 7.68. The molecule has 2 aliphatic rings. The van der Waals surface area contributed by atoms with Crippen LogP contribution < -0.4 is 10.5 Å². The number of ether oxygens (including phenoxy) is 1. The van der Waals surface area contributed by atoms with E-state index in [1.165, 1.54) is 4.90 Å². The van der Waals surface area contributed by atoms with Gasteiger partial charge in [0.1, 0.15) is 11.4 Å². The van der Waals surface area contributed by atoms with Crippen molar-refractivity contribution in [1.82, 2.24) is 9.88 Å². The number of rotatable bonds is 6. The van der Waals surface area contributed by atoms with Crippen molar-refractivity contribution in [2.75, 3.05) is 25.1 Å². The number of amides is 1. The summed E-state index contributed by atoms with van der Waals surface area (Å²) in [5.41, 5.74) is 0.388. The molecule has 1 fully saturated rings. The number of halogens is 5. The number of cyclic esters (lactones) is 1. The summed E-state index contributed by atoms with van der Waals surface area (Å²) in [5.74, 6) is 0.0610. The number of carbonyl (C=O) groups is 2. The molecule has 1 amide bonds. The Morgan fingerprint density at radius 2 is 1.93 bits per heavy atom. The zero-order valence-electron chi connectivity index (χ0n) is 23.1. The predicted molar refractivity (Wildman–Crippen MR) is 166 cm³/mol. The van der Waals surface area contributed by atoms with E-state index in [9.17, 15) is 28.3 Å². The van der Waals surface area contributed by atoms with Gasteiger partial charge >= 0.3 is 11.5 Å². The molecule has 2 N–H and O–H groups in total. The van der Waals surface area contributed by atoms with Gasteiger partial charge in [-0.15, -0.1) is 0 Å².